The molecule has 0 spiro atoms. The number of hydrogen-bond donors (Lipinski definition) is 1. The fourth-order valence-corrected chi connectivity index (χ4v) is 3.53. The summed E-state index contributed by atoms with van der Waals surface area (Å²) >= 11 is 0. The van der Waals surface area contributed by atoms with Crippen LogP contribution in [0, 0.1) is 5.82 Å². The van der Waals surface area contributed by atoms with E-state index < -0.39 is 17.7 Å². The maximum absolute atomic E-state index is 14.0. The number of carbonyl (C=O) groups is 2. The number of hydrogen-bond acceptors (Lipinski definition) is 4. The zero-order chi connectivity index (χ0) is 22.7. The molecule has 0 bridgehead atoms. The molecular formula is C25H20FN3O3. The van der Waals surface area contributed by atoms with Crippen LogP contribution in [0.2, 0.25) is 0 Å². The molecule has 2 N–H and O–H groups in total. The minimum absolute atomic E-state index is 0.220. The van der Waals surface area contributed by atoms with E-state index in [2.05, 4.69) is 5.10 Å². The molecule has 7 heteroatoms. The SMILES string of the molecule is CC(=O)Oc1cc(C=C(C(N)=O)c2cccc3cnn(Cc4ccccc4)c23)ccc1F. The lowest BCUT2D eigenvalue weighted by atomic mass is 9.99. The van der Waals surface area contributed by atoms with E-state index in [4.69, 9.17) is 10.5 Å². The Morgan fingerprint density at radius 3 is 2.59 bits per heavy atom. The van der Waals surface area contributed by atoms with Crippen molar-refractivity contribution in [3.05, 3.63) is 95.4 Å². The molecule has 0 saturated carbocycles. The number of aromatic nitrogens is 2. The van der Waals surface area contributed by atoms with Gasteiger partial charge in [0.2, 0.25) is 5.91 Å². The highest BCUT2D eigenvalue weighted by molar-refractivity contribution is 6.26. The maximum atomic E-state index is 14.0. The van der Waals surface area contributed by atoms with Crippen LogP contribution in [0.1, 0.15) is 23.6 Å². The third-order valence-corrected chi connectivity index (χ3v) is 4.91. The van der Waals surface area contributed by atoms with E-state index in [-0.39, 0.29) is 11.3 Å². The molecule has 0 aliphatic carbocycles. The van der Waals surface area contributed by atoms with Gasteiger partial charge in [0.1, 0.15) is 0 Å². The van der Waals surface area contributed by atoms with Crippen molar-refractivity contribution >= 4 is 34.4 Å². The quantitative estimate of drug-likeness (QED) is 0.216. The second-order valence-electron chi connectivity index (χ2n) is 7.24. The summed E-state index contributed by atoms with van der Waals surface area (Å²) in [6.07, 6.45) is 3.28. The molecule has 0 unspecified atom stereocenters. The van der Waals surface area contributed by atoms with Crippen LogP contribution in [0.4, 0.5) is 4.39 Å². The number of para-hydroxylation sites is 1. The molecule has 32 heavy (non-hydrogen) atoms. The number of primary amides is 1. The lowest BCUT2D eigenvalue weighted by molar-refractivity contribution is -0.132. The summed E-state index contributed by atoms with van der Waals surface area (Å²) in [4.78, 5) is 23.7. The fourth-order valence-electron chi connectivity index (χ4n) is 3.53. The van der Waals surface area contributed by atoms with Gasteiger partial charge in [0.05, 0.1) is 18.3 Å². The Labute approximate surface area is 183 Å². The molecule has 4 rings (SSSR count). The normalized spacial score (nSPS) is 11.5. The van der Waals surface area contributed by atoms with Gasteiger partial charge in [-0.15, -0.1) is 0 Å². The number of amides is 1. The predicted molar refractivity (Wildman–Crippen MR) is 120 cm³/mol. The number of nitrogens with zero attached hydrogens (tertiary/aromatic N) is 2. The Morgan fingerprint density at radius 2 is 1.88 bits per heavy atom. The van der Waals surface area contributed by atoms with Crippen molar-refractivity contribution in [3.8, 4) is 5.75 Å². The Kier molecular flexibility index (Phi) is 5.81. The van der Waals surface area contributed by atoms with Crippen molar-refractivity contribution in [2.75, 3.05) is 0 Å². The fraction of sp³-hybridized carbons (Fsp3) is 0.0800. The van der Waals surface area contributed by atoms with Crippen LogP contribution in [0.3, 0.4) is 0 Å². The smallest absolute Gasteiger partial charge is 0.308 e. The first-order chi connectivity index (χ1) is 15.4. The number of nitrogens with two attached hydrogens (primary N) is 1. The van der Waals surface area contributed by atoms with Crippen LogP contribution in [-0.2, 0) is 16.1 Å². The lowest BCUT2D eigenvalue weighted by Crippen LogP contribution is -2.14. The minimum Gasteiger partial charge on any atom is -0.424 e. The molecule has 0 aliphatic heterocycles. The summed E-state index contributed by atoms with van der Waals surface area (Å²) < 4.78 is 20.7. The molecule has 1 aromatic heterocycles. The Bertz CT molecular complexity index is 1340. The van der Waals surface area contributed by atoms with E-state index in [1.807, 2.05) is 47.1 Å². The molecule has 6 nitrogen and oxygen atoms in total. The van der Waals surface area contributed by atoms with E-state index in [1.54, 1.807) is 18.3 Å². The van der Waals surface area contributed by atoms with Crippen molar-refractivity contribution < 1.29 is 18.7 Å². The third kappa shape index (κ3) is 4.41. The highest BCUT2D eigenvalue weighted by atomic mass is 19.1. The molecule has 1 amide bonds. The first-order valence-corrected chi connectivity index (χ1v) is 9.90. The van der Waals surface area contributed by atoms with Crippen LogP contribution in [0.15, 0.2) is 72.9 Å². The van der Waals surface area contributed by atoms with Crippen LogP contribution < -0.4 is 10.5 Å². The van der Waals surface area contributed by atoms with Crippen molar-refractivity contribution in [2.24, 2.45) is 5.73 Å². The number of ether oxygens (including phenoxy) is 1. The molecule has 3 aromatic carbocycles. The molecular weight excluding hydrogens is 409 g/mol. The number of esters is 1. The molecule has 0 radical (unpaired) electrons. The van der Waals surface area contributed by atoms with E-state index >= 15 is 0 Å². The lowest BCUT2D eigenvalue weighted by Gasteiger charge is -2.11. The van der Waals surface area contributed by atoms with Crippen LogP contribution in [0.5, 0.6) is 5.75 Å². The number of benzene rings is 3. The van der Waals surface area contributed by atoms with Gasteiger partial charge in [0, 0.05) is 23.4 Å². The van der Waals surface area contributed by atoms with Crippen LogP contribution in [0.25, 0.3) is 22.6 Å². The Hall–Kier alpha value is -4.26. The highest BCUT2D eigenvalue weighted by Gasteiger charge is 2.17. The standard InChI is InChI=1S/C25H20FN3O3/c1-16(30)32-23-13-18(10-11-22(23)26)12-21(25(27)31)20-9-5-8-19-14-28-29(24(19)20)15-17-6-3-2-4-7-17/h2-14H,15H2,1H3,(H2,27,31). The van der Waals surface area contributed by atoms with Gasteiger partial charge in [-0.2, -0.15) is 5.10 Å². The van der Waals surface area contributed by atoms with Crippen molar-refractivity contribution in [1.29, 1.82) is 0 Å². The molecule has 0 atom stereocenters. The van der Waals surface area contributed by atoms with Crippen molar-refractivity contribution in [3.63, 3.8) is 0 Å². The number of halogens is 1. The first kappa shape index (κ1) is 21.0. The largest absolute Gasteiger partial charge is 0.424 e. The zero-order valence-corrected chi connectivity index (χ0v) is 17.3. The summed E-state index contributed by atoms with van der Waals surface area (Å²) in [6, 6.07) is 19.3. The summed E-state index contributed by atoms with van der Waals surface area (Å²) in [5.74, 6) is -2.19. The molecule has 0 aliphatic rings. The predicted octanol–water partition coefficient (Wildman–Crippen LogP) is 4.17. The van der Waals surface area contributed by atoms with Gasteiger partial charge in [0.15, 0.2) is 11.6 Å². The summed E-state index contributed by atoms with van der Waals surface area (Å²) in [5.41, 5.74) is 8.83. The number of rotatable bonds is 6. The Morgan fingerprint density at radius 1 is 1.09 bits per heavy atom. The minimum atomic E-state index is -0.680. The van der Waals surface area contributed by atoms with Gasteiger partial charge in [-0.1, -0.05) is 54.6 Å². The van der Waals surface area contributed by atoms with Crippen LogP contribution >= 0.6 is 0 Å². The monoisotopic (exact) mass is 429 g/mol. The zero-order valence-electron chi connectivity index (χ0n) is 17.3. The second-order valence-corrected chi connectivity index (χ2v) is 7.24. The average Bonchev–Trinajstić information content (AvgIpc) is 3.17. The second kappa shape index (κ2) is 8.85. The van der Waals surface area contributed by atoms with E-state index in [0.717, 1.165) is 16.5 Å². The molecule has 0 saturated heterocycles. The van der Waals surface area contributed by atoms with Gasteiger partial charge in [-0.3, -0.25) is 14.3 Å². The van der Waals surface area contributed by atoms with Crippen LogP contribution in [-0.4, -0.2) is 21.7 Å². The van der Waals surface area contributed by atoms with Crippen molar-refractivity contribution in [2.45, 2.75) is 13.5 Å². The van der Waals surface area contributed by atoms with Gasteiger partial charge in [0.25, 0.3) is 0 Å². The molecule has 0 fully saturated rings. The van der Waals surface area contributed by atoms with E-state index in [9.17, 15) is 14.0 Å². The summed E-state index contributed by atoms with van der Waals surface area (Å²) in [6.45, 7) is 1.70. The third-order valence-electron chi connectivity index (χ3n) is 4.91. The summed E-state index contributed by atoms with van der Waals surface area (Å²) in [5, 5.41) is 5.34. The molecule has 4 aromatic rings. The number of fused-ring (bicyclic) bond motifs is 1. The van der Waals surface area contributed by atoms with Gasteiger partial charge in [-0.05, 0) is 29.3 Å². The van der Waals surface area contributed by atoms with Crippen molar-refractivity contribution in [1.82, 2.24) is 9.78 Å². The summed E-state index contributed by atoms with van der Waals surface area (Å²) in [7, 11) is 0. The van der Waals surface area contributed by atoms with E-state index in [1.165, 1.54) is 25.1 Å². The average molecular weight is 429 g/mol. The maximum Gasteiger partial charge on any atom is 0.308 e. The Balaban J connectivity index is 1.83. The molecule has 160 valence electrons. The number of carbonyl (C=O) groups excluding carboxylic acids is 2. The highest BCUT2D eigenvalue weighted by Crippen LogP contribution is 2.29. The molecule has 1 heterocycles. The van der Waals surface area contributed by atoms with Gasteiger partial charge >= 0.3 is 5.97 Å². The first-order valence-electron chi connectivity index (χ1n) is 9.90. The van der Waals surface area contributed by atoms with Gasteiger partial charge < -0.3 is 10.5 Å². The van der Waals surface area contributed by atoms with E-state index in [0.29, 0.717) is 17.7 Å². The van der Waals surface area contributed by atoms with Gasteiger partial charge in [-0.25, -0.2) is 4.39 Å². The topological polar surface area (TPSA) is 87.2 Å².